The van der Waals surface area contributed by atoms with E-state index in [1.807, 2.05) is 57.2 Å². The van der Waals surface area contributed by atoms with E-state index in [0.29, 0.717) is 5.11 Å². The molecular weight excluding hydrogens is 268 g/mol. The molecule has 0 unspecified atom stereocenters. The third kappa shape index (κ3) is 3.54. The Labute approximate surface area is 124 Å². The Morgan fingerprint density at radius 1 is 1.05 bits per heavy atom. The summed E-state index contributed by atoms with van der Waals surface area (Å²) in [6, 6.07) is 14.1. The van der Waals surface area contributed by atoms with Crippen molar-refractivity contribution in [3.63, 3.8) is 0 Å². The number of thiocarbonyl (C=S) groups is 1. The van der Waals surface area contributed by atoms with Crippen LogP contribution in [0.1, 0.15) is 20.8 Å². The quantitative estimate of drug-likeness (QED) is 0.785. The van der Waals surface area contributed by atoms with Crippen molar-refractivity contribution in [2.75, 3.05) is 5.32 Å². The maximum absolute atomic E-state index is 11.8. The summed E-state index contributed by atoms with van der Waals surface area (Å²) in [4.78, 5) is 11.8. The summed E-state index contributed by atoms with van der Waals surface area (Å²) in [6.45, 7) is 5.54. The topological polar surface area (TPSA) is 41.1 Å². The lowest BCUT2D eigenvalue weighted by Gasteiger charge is -2.18. The molecular formula is C16H18N2OS. The van der Waals surface area contributed by atoms with Gasteiger partial charge in [-0.1, -0.05) is 51.1 Å². The molecule has 20 heavy (non-hydrogen) atoms. The maximum atomic E-state index is 11.8. The number of nitrogens with one attached hydrogen (secondary N) is 2. The maximum Gasteiger partial charge on any atom is 0.231 e. The molecule has 2 rings (SSSR count). The fourth-order valence-corrected chi connectivity index (χ4v) is 1.93. The molecule has 0 aliphatic heterocycles. The highest BCUT2D eigenvalue weighted by molar-refractivity contribution is 7.80. The smallest absolute Gasteiger partial charge is 0.231 e. The van der Waals surface area contributed by atoms with Gasteiger partial charge >= 0.3 is 0 Å². The Morgan fingerprint density at radius 2 is 1.70 bits per heavy atom. The molecule has 0 radical (unpaired) electrons. The summed E-state index contributed by atoms with van der Waals surface area (Å²) in [5, 5.41) is 8.35. The first-order valence-electron chi connectivity index (χ1n) is 6.47. The molecule has 2 aromatic rings. The van der Waals surface area contributed by atoms with E-state index >= 15 is 0 Å². The molecule has 0 bridgehead atoms. The van der Waals surface area contributed by atoms with E-state index in [-0.39, 0.29) is 5.91 Å². The highest BCUT2D eigenvalue weighted by Crippen LogP contribution is 2.19. The monoisotopic (exact) mass is 286 g/mol. The lowest BCUT2D eigenvalue weighted by Crippen LogP contribution is -2.41. The van der Waals surface area contributed by atoms with Crippen LogP contribution in [0.5, 0.6) is 0 Å². The molecule has 2 N–H and O–H groups in total. The molecule has 2 aromatic carbocycles. The Bertz CT molecular complexity index is 659. The van der Waals surface area contributed by atoms with Crippen LogP contribution in [-0.2, 0) is 4.79 Å². The third-order valence-electron chi connectivity index (χ3n) is 2.92. The van der Waals surface area contributed by atoms with Gasteiger partial charge in [0.1, 0.15) is 0 Å². The van der Waals surface area contributed by atoms with Crippen molar-refractivity contribution < 1.29 is 4.79 Å². The minimum Gasteiger partial charge on any atom is -0.332 e. The largest absolute Gasteiger partial charge is 0.332 e. The molecule has 0 heterocycles. The minimum atomic E-state index is -0.463. The molecule has 3 nitrogen and oxygen atoms in total. The lowest BCUT2D eigenvalue weighted by atomic mass is 9.96. The van der Waals surface area contributed by atoms with Gasteiger partial charge in [-0.15, -0.1) is 0 Å². The number of carbonyl (C=O) groups is 1. The Balaban J connectivity index is 2.08. The zero-order valence-corrected chi connectivity index (χ0v) is 12.7. The first kappa shape index (κ1) is 14.5. The van der Waals surface area contributed by atoms with Crippen molar-refractivity contribution in [2.45, 2.75) is 20.8 Å². The first-order chi connectivity index (χ1) is 9.36. The molecule has 4 heteroatoms. The number of fused-ring (bicyclic) bond motifs is 1. The van der Waals surface area contributed by atoms with Crippen molar-refractivity contribution in [2.24, 2.45) is 5.41 Å². The Hall–Kier alpha value is -1.94. The number of rotatable bonds is 1. The van der Waals surface area contributed by atoms with E-state index < -0.39 is 5.41 Å². The molecule has 0 saturated carbocycles. The number of amides is 1. The predicted octanol–water partition coefficient (Wildman–Crippen LogP) is 3.70. The highest BCUT2D eigenvalue weighted by Gasteiger charge is 2.21. The molecule has 0 atom stereocenters. The van der Waals surface area contributed by atoms with E-state index in [1.54, 1.807) is 0 Å². The van der Waals surface area contributed by atoms with Gasteiger partial charge in [-0.25, -0.2) is 0 Å². The molecule has 1 amide bonds. The van der Waals surface area contributed by atoms with Crippen LogP contribution in [0, 0.1) is 5.41 Å². The Kier molecular flexibility index (Phi) is 4.04. The molecule has 0 spiro atoms. The fraction of sp³-hybridized carbons (Fsp3) is 0.250. The average Bonchev–Trinajstić information content (AvgIpc) is 2.37. The number of anilines is 1. The summed E-state index contributed by atoms with van der Waals surface area (Å²) in [5.74, 6) is -0.101. The van der Waals surface area contributed by atoms with Crippen LogP contribution < -0.4 is 10.6 Å². The van der Waals surface area contributed by atoms with Crippen molar-refractivity contribution >= 4 is 39.7 Å². The van der Waals surface area contributed by atoms with Crippen molar-refractivity contribution in [1.29, 1.82) is 0 Å². The molecule has 104 valence electrons. The first-order valence-corrected chi connectivity index (χ1v) is 6.88. The van der Waals surface area contributed by atoms with Gasteiger partial charge in [0, 0.05) is 11.1 Å². The fourth-order valence-electron chi connectivity index (χ4n) is 1.72. The van der Waals surface area contributed by atoms with Gasteiger partial charge in [-0.05, 0) is 35.1 Å². The van der Waals surface area contributed by atoms with Crippen LogP contribution in [-0.4, -0.2) is 11.0 Å². The van der Waals surface area contributed by atoms with E-state index in [0.717, 1.165) is 11.1 Å². The van der Waals surface area contributed by atoms with Gasteiger partial charge in [0.25, 0.3) is 0 Å². The summed E-state index contributed by atoms with van der Waals surface area (Å²) < 4.78 is 0. The average molecular weight is 286 g/mol. The van der Waals surface area contributed by atoms with E-state index in [2.05, 4.69) is 16.7 Å². The van der Waals surface area contributed by atoms with Crippen molar-refractivity contribution in [3.8, 4) is 0 Å². The normalized spacial score (nSPS) is 11.2. The van der Waals surface area contributed by atoms with Gasteiger partial charge in [0.05, 0.1) is 0 Å². The highest BCUT2D eigenvalue weighted by atomic mass is 32.1. The van der Waals surface area contributed by atoms with E-state index in [1.165, 1.54) is 5.39 Å². The van der Waals surface area contributed by atoms with Gasteiger partial charge in [-0.2, -0.15) is 0 Å². The second-order valence-electron chi connectivity index (χ2n) is 5.72. The second-order valence-corrected chi connectivity index (χ2v) is 6.13. The molecule has 0 fully saturated rings. The minimum absolute atomic E-state index is 0.101. The van der Waals surface area contributed by atoms with Gasteiger partial charge in [0.2, 0.25) is 5.91 Å². The molecule has 0 aliphatic carbocycles. The summed E-state index contributed by atoms with van der Waals surface area (Å²) in [5.41, 5.74) is 0.401. The summed E-state index contributed by atoms with van der Waals surface area (Å²) in [6.07, 6.45) is 0. The van der Waals surface area contributed by atoms with Crippen LogP contribution in [0.25, 0.3) is 10.8 Å². The number of hydrogen-bond donors (Lipinski definition) is 2. The zero-order valence-electron chi connectivity index (χ0n) is 11.9. The number of carbonyl (C=O) groups excluding carboxylic acids is 1. The number of benzene rings is 2. The second kappa shape index (κ2) is 5.59. The van der Waals surface area contributed by atoms with Crippen LogP contribution in [0.2, 0.25) is 0 Å². The standard InChI is InChI=1S/C16H18N2OS/c1-16(2,3)14(19)18-15(20)17-13-9-8-11-6-4-5-7-12(11)10-13/h4-10H,1-3H3,(H2,17,18,19,20). The summed E-state index contributed by atoms with van der Waals surface area (Å²) in [7, 11) is 0. The third-order valence-corrected chi connectivity index (χ3v) is 3.12. The lowest BCUT2D eigenvalue weighted by molar-refractivity contribution is -0.126. The van der Waals surface area contributed by atoms with Gasteiger partial charge in [0.15, 0.2) is 5.11 Å². The molecule has 0 aromatic heterocycles. The van der Waals surface area contributed by atoms with Crippen LogP contribution >= 0.6 is 12.2 Å². The van der Waals surface area contributed by atoms with Crippen LogP contribution in [0.15, 0.2) is 42.5 Å². The van der Waals surface area contributed by atoms with Crippen molar-refractivity contribution in [1.82, 2.24) is 5.32 Å². The Morgan fingerprint density at radius 3 is 2.35 bits per heavy atom. The van der Waals surface area contributed by atoms with Gasteiger partial charge < -0.3 is 10.6 Å². The van der Waals surface area contributed by atoms with Gasteiger partial charge in [-0.3, -0.25) is 4.79 Å². The van der Waals surface area contributed by atoms with Crippen molar-refractivity contribution in [3.05, 3.63) is 42.5 Å². The van der Waals surface area contributed by atoms with Crippen LogP contribution in [0.4, 0.5) is 5.69 Å². The number of hydrogen-bond acceptors (Lipinski definition) is 2. The zero-order chi connectivity index (χ0) is 14.8. The molecule has 0 saturated heterocycles. The van der Waals surface area contributed by atoms with E-state index in [9.17, 15) is 4.79 Å². The van der Waals surface area contributed by atoms with E-state index in [4.69, 9.17) is 12.2 Å². The SMILES string of the molecule is CC(C)(C)C(=O)NC(=S)Nc1ccc2ccccc2c1. The predicted molar refractivity (Wildman–Crippen MR) is 87.8 cm³/mol. The van der Waals surface area contributed by atoms with Crippen LogP contribution in [0.3, 0.4) is 0 Å². The summed E-state index contributed by atoms with van der Waals surface area (Å²) >= 11 is 5.16. The molecule has 0 aliphatic rings.